The summed E-state index contributed by atoms with van der Waals surface area (Å²) in [7, 11) is 0. The minimum absolute atomic E-state index is 0.0567. The molecule has 0 bridgehead atoms. The lowest BCUT2D eigenvalue weighted by atomic mass is 9.82. The van der Waals surface area contributed by atoms with Crippen molar-refractivity contribution in [2.45, 2.75) is 94.8 Å². The number of ether oxygens (including phenoxy) is 3. The van der Waals surface area contributed by atoms with Gasteiger partial charge in [-0.25, -0.2) is 0 Å². The van der Waals surface area contributed by atoms with Gasteiger partial charge in [0.1, 0.15) is 6.10 Å². The lowest BCUT2D eigenvalue weighted by Crippen LogP contribution is -2.62. The van der Waals surface area contributed by atoms with E-state index in [1.165, 1.54) is 0 Å². The van der Waals surface area contributed by atoms with Crippen molar-refractivity contribution in [2.75, 3.05) is 0 Å². The molecule has 0 aromatic heterocycles. The molecule has 3 aliphatic heterocycles. The highest BCUT2D eigenvalue weighted by atomic mass is 16.6. The van der Waals surface area contributed by atoms with Gasteiger partial charge in [-0.15, -0.1) is 0 Å². The number of rotatable bonds is 0. The summed E-state index contributed by atoms with van der Waals surface area (Å²) in [5.41, 5.74) is -0.536. The highest BCUT2D eigenvalue weighted by Gasteiger charge is 2.53. The molecule has 5 heteroatoms. The lowest BCUT2D eigenvalue weighted by Gasteiger charge is -2.51. The van der Waals surface area contributed by atoms with E-state index in [4.69, 9.17) is 14.2 Å². The first-order valence-electron chi connectivity index (χ1n) is 7.66. The van der Waals surface area contributed by atoms with Gasteiger partial charge in [0.25, 0.3) is 0 Å². The summed E-state index contributed by atoms with van der Waals surface area (Å²) in [4.78, 5) is 0. The smallest absolute Gasteiger partial charge is 0.157 e. The summed E-state index contributed by atoms with van der Waals surface area (Å²) < 4.78 is 18.0. The van der Waals surface area contributed by atoms with E-state index in [0.29, 0.717) is 6.42 Å². The summed E-state index contributed by atoms with van der Waals surface area (Å²) in [5, 5.41) is 19.8. The third-order valence-corrected chi connectivity index (χ3v) is 4.97. The van der Waals surface area contributed by atoms with Gasteiger partial charge < -0.3 is 24.4 Å². The van der Waals surface area contributed by atoms with Crippen LogP contribution in [0.4, 0.5) is 0 Å². The van der Waals surface area contributed by atoms with Crippen molar-refractivity contribution in [1.82, 2.24) is 0 Å². The molecule has 0 aromatic rings. The second kappa shape index (κ2) is 4.92. The average Bonchev–Trinajstić information content (AvgIpc) is 2.42. The molecular formula is C15H26O5. The number of aliphatic hydroxyl groups is 2. The van der Waals surface area contributed by atoms with Gasteiger partial charge in [-0.1, -0.05) is 0 Å². The van der Waals surface area contributed by atoms with Gasteiger partial charge in [-0.05, 0) is 40.0 Å². The van der Waals surface area contributed by atoms with Crippen molar-refractivity contribution < 1.29 is 24.4 Å². The van der Waals surface area contributed by atoms with Crippen LogP contribution in [0, 0.1) is 0 Å². The summed E-state index contributed by atoms with van der Waals surface area (Å²) in [5.74, 6) is 0. The molecule has 0 radical (unpaired) electrons. The van der Waals surface area contributed by atoms with E-state index in [9.17, 15) is 10.2 Å². The topological polar surface area (TPSA) is 68.2 Å². The number of hydrogen-bond donors (Lipinski definition) is 2. The fourth-order valence-corrected chi connectivity index (χ4v) is 3.82. The van der Waals surface area contributed by atoms with Gasteiger partial charge in [0.05, 0.1) is 29.5 Å². The van der Waals surface area contributed by atoms with Gasteiger partial charge in [0.15, 0.2) is 6.29 Å². The summed E-state index contributed by atoms with van der Waals surface area (Å²) in [6.07, 6.45) is 1.59. The molecule has 3 heterocycles. The molecule has 3 rings (SSSR count). The van der Waals surface area contributed by atoms with E-state index in [2.05, 4.69) is 20.8 Å². The van der Waals surface area contributed by atoms with Crippen LogP contribution in [-0.4, -0.2) is 52.1 Å². The van der Waals surface area contributed by atoms with E-state index < -0.39 is 12.4 Å². The van der Waals surface area contributed by atoms with Crippen LogP contribution in [-0.2, 0) is 14.2 Å². The second-order valence-corrected chi connectivity index (χ2v) is 7.28. The zero-order valence-electron chi connectivity index (χ0n) is 12.5. The number of hydrogen-bond acceptors (Lipinski definition) is 5. The van der Waals surface area contributed by atoms with Crippen LogP contribution in [0.5, 0.6) is 0 Å². The monoisotopic (exact) mass is 286 g/mol. The van der Waals surface area contributed by atoms with Crippen molar-refractivity contribution in [3.63, 3.8) is 0 Å². The Labute approximate surface area is 120 Å². The molecule has 0 aliphatic carbocycles. The molecule has 5 nitrogen and oxygen atoms in total. The van der Waals surface area contributed by atoms with E-state index in [1.54, 1.807) is 0 Å². The normalized spacial score (nSPS) is 51.8. The molecule has 3 aliphatic rings. The van der Waals surface area contributed by atoms with E-state index in [-0.39, 0.29) is 35.9 Å². The maximum absolute atomic E-state index is 10.1. The maximum Gasteiger partial charge on any atom is 0.157 e. The summed E-state index contributed by atoms with van der Waals surface area (Å²) in [6.45, 7) is 6.29. The zero-order chi connectivity index (χ0) is 14.5. The van der Waals surface area contributed by atoms with Crippen LogP contribution in [0.25, 0.3) is 0 Å². The van der Waals surface area contributed by atoms with Crippen LogP contribution in [0.1, 0.15) is 52.9 Å². The van der Waals surface area contributed by atoms with Gasteiger partial charge in [-0.2, -0.15) is 0 Å². The zero-order valence-corrected chi connectivity index (χ0v) is 12.5. The van der Waals surface area contributed by atoms with Crippen molar-refractivity contribution in [2.24, 2.45) is 0 Å². The molecule has 2 N–H and O–H groups in total. The predicted octanol–water partition coefficient (Wildman–Crippen LogP) is 1.35. The number of fused-ring (bicyclic) bond motifs is 2. The SMILES string of the molecule is CC1(C)CCC[C@@]2(C)O[C@H]3[C@@H](O)CC(O)O[C@@H]3C[C@@H]2O1. The molecular weight excluding hydrogens is 260 g/mol. The molecule has 0 aromatic carbocycles. The Kier molecular flexibility index (Phi) is 3.62. The lowest BCUT2D eigenvalue weighted by molar-refractivity contribution is -0.317. The molecule has 1 unspecified atom stereocenters. The molecule has 0 amide bonds. The Morgan fingerprint density at radius 2 is 1.75 bits per heavy atom. The van der Waals surface area contributed by atoms with Gasteiger partial charge >= 0.3 is 0 Å². The first-order valence-corrected chi connectivity index (χ1v) is 7.66. The minimum Gasteiger partial charge on any atom is -0.390 e. The van der Waals surface area contributed by atoms with Crippen molar-refractivity contribution in [3.05, 3.63) is 0 Å². The maximum atomic E-state index is 10.1. The first kappa shape index (κ1) is 14.7. The fourth-order valence-electron chi connectivity index (χ4n) is 3.82. The molecule has 3 saturated heterocycles. The van der Waals surface area contributed by atoms with Crippen LogP contribution >= 0.6 is 0 Å². The van der Waals surface area contributed by atoms with Crippen LogP contribution < -0.4 is 0 Å². The van der Waals surface area contributed by atoms with Crippen LogP contribution in [0.2, 0.25) is 0 Å². The Hall–Kier alpha value is -0.200. The van der Waals surface area contributed by atoms with Gasteiger partial charge in [-0.3, -0.25) is 0 Å². The molecule has 6 atom stereocenters. The standard InChI is InChI=1S/C15H26O5/c1-14(2)5-4-6-15(3)11(19-14)8-10-13(20-15)9(16)7-12(17)18-10/h9-13,16-17H,4-8H2,1-3H3/t9-,10+,11-,12?,13-,15+/m0/s1. The first-order chi connectivity index (χ1) is 9.29. The predicted molar refractivity (Wildman–Crippen MR) is 72.2 cm³/mol. The summed E-state index contributed by atoms with van der Waals surface area (Å²) in [6, 6.07) is 0. The van der Waals surface area contributed by atoms with Gasteiger partial charge in [0, 0.05) is 12.8 Å². The van der Waals surface area contributed by atoms with Crippen molar-refractivity contribution in [1.29, 1.82) is 0 Å². The Bertz CT molecular complexity index is 371. The van der Waals surface area contributed by atoms with E-state index in [0.717, 1.165) is 19.3 Å². The highest BCUT2D eigenvalue weighted by molar-refractivity contribution is 5.01. The quantitative estimate of drug-likeness (QED) is 0.703. The minimum atomic E-state index is -0.905. The fraction of sp³-hybridized carbons (Fsp3) is 1.00. The third-order valence-electron chi connectivity index (χ3n) is 4.97. The molecule has 3 fully saturated rings. The van der Waals surface area contributed by atoms with Crippen LogP contribution in [0.15, 0.2) is 0 Å². The Morgan fingerprint density at radius 3 is 2.50 bits per heavy atom. The third kappa shape index (κ3) is 2.62. The van der Waals surface area contributed by atoms with E-state index >= 15 is 0 Å². The van der Waals surface area contributed by atoms with Crippen LogP contribution in [0.3, 0.4) is 0 Å². The number of aliphatic hydroxyl groups excluding tert-OH is 2. The Balaban J connectivity index is 1.82. The Morgan fingerprint density at radius 1 is 1.00 bits per heavy atom. The molecule has 0 saturated carbocycles. The molecule has 116 valence electrons. The second-order valence-electron chi connectivity index (χ2n) is 7.28. The average molecular weight is 286 g/mol. The summed E-state index contributed by atoms with van der Waals surface area (Å²) >= 11 is 0. The van der Waals surface area contributed by atoms with Gasteiger partial charge in [0.2, 0.25) is 0 Å². The molecule has 20 heavy (non-hydrogen) atoms. The molecule has 0 spiro atoms. The van der Waals surface area contributed by atoms with Crippen molar-refractivity contribution in [3.8, 4) is 0 Å². The highest BCUT2D eigenvalue weighted by Crippen LogP contribution is 2.44. The van der Waals surface area contributed by atoms with E-state index in [1.807, 2.05) is 0 Å². The largest absolute Gasteiger partial charge is 0.390 e. The van der Waals surface area contributed by atoms with Crippen molar-refractivity contribution >= 4 is 0 Å².